The average Bonchev–Trinajstić information content (AvgIpc) is 2.47. The van der Waals surface area contributed by atoms with Gasteiger partial charge in [0.25, 0.3) is 5.91 Å². The summed E-state index contributed by atoms with van der Waals surface area (Å²) in [5.41, 5.74) is 0.266. The van der Waals surface area contributed by atoms with Crippen molar-refractivity contribution in [2.45, 2.75) is 12.8 Å². The summed E-state index contributed by atoms with van der Waals surface area (Å²) in [6.45, 7) is 2.15. The van der Waals surface area contributed by atoms with Crippen LogP contribution in [0.5, 0.6) is 0 Å². The van der Waals surface area contributed by atoms with Crippen LogP contribution in [0, 0.1) is 11.7 Å². The van der Waals surface area contributed by atoms with Crippen molar-refractivity contribution in [2.75, 3.05) is 39.2 Å². The van der Waals surface area contributed by atoms with Crippen molar-refractivity contribution in [1.82, 2.24) is 9.88 Å². The van der Waals surface area contributed by atoms with Gasteiger partial charge in [-0.2, -0.15) is 0 Å². The molecule has 110 valence electrons. The van der Waals surface area contributed by atoms with Crippen LogP contribution in [0.4, 0.5) is 10.2 Å². The van der Waals surface area contributed by atoms with Gasteiger partial charge in [0, 0.05) is 33.9 Å². The van der Waals surface area contributed by atoms with Crippen molar-refractivity contribution in [3.63, 3.8) is 0 Å². The van der Waals surface area contributed by atoms with E-state index in [9.17, 15) is 9.18 Å². The van der Waals surface area contributed by atoms with E-state index >= 15 is 0 Å². The quantitative estimate of drug-likeness (QED) is 0.913. The van der Waals surface area contributed by atoms with Crippen LogP contribution < -0.4 is 5.32 Å². The summed E-state index contributed by atoms with van der Waals surface area (Å²) in [7, 11) is 3.40. The number of nitrogens with zero attached hydrogens (tertiary/aromatic N) is 2. The lowest BCUT2D eigenvalue weighted by atomic mass is 9.99. The van der Waals surface area contributed by atoms with E-state index in [0.29, 0.717) is 18.3 Å². The highest BCUT2D eigenvalue weighted by molar-refractivity contribution is 5.98. The molecule has 2 rings (SSSR count). The van der Waals surface area contributed by atoms with Crippen LogP contribution in [-0.4, -0.2) is 49.6 Å². The van der Waals surface area contributed by atoms with E-state index in [1.165, 1.54) is 6.07 Å². The summed E-state index contributed by atoms with van der Waals surface area (Å²) in [5, 5.41) is 2.82. The second-order valence-corrected chi connectivity index (χ2v) is 5.04. The minimum Gasteiger partial charge on any atom is -0.381 e. The molecule has 1 aliphatic rings. The lowest BCUT2D eigenvalue weighted by molar-refractivity contribution is 0.0497. The molecule has 1 N–H and O–H groups in total. The SMILES string of the molecule is CNc1ncc(F)cc1C(=O)N(C)CC1CCOCC1. The molecule has 20 heavy (non-hydrogen) atoms. The monoisotopic (exact) mass is 281 g/mol. The number of ether oxygens (including phenoxy) is 1. The number of carbonyl (C=O) groups excluding carboxylic acids is 1. The van der Waals surface area contributed by atoms with Gasteiger partial charge in [-0.3, -0.25) is 4.79 Å². The predicted molar refractivity (Wildman–Crippen MR) is 74.2 cm³/mol. The fraction of sp³-hybridized carbons (Fsp3) is 0.571. The first-order chi connectivity index (χ1) is 9.61. The molecule has 1 saturated heterocycles. The fourth-order valence-electron chi connectivity index (χ4n) is 2.41. The summed E-state index contributed by atoms with van der Waals surface area (Å²) >= 11 is 0. The molecule has 2 heterocycles. The number of pyridine rings is 1. The Hall–Kier alpha value is -1.69. The highest BCUT2D eigenvalue weighted by atomic mass is 19.1. The molecular formula is C14H20FN3O2. The van der Waals surface area contributed by atoms with Crippen molar-refractivity contribution in [3.8, 4) is 0 Å². The minimum absolute atomic E-state index is 0.215. The average molecular weight is 281 g/mol. The van der Waals surface area contributed by atoms with Crippen molar-refractivity contribution >= 4 is 11.7 Å². The second-order valence-electron chi connectivity index (χ2n) is 5.04. The number of hydrogen-bond donors (Lipinski definition) is 1. The molecule has 1 aliphatic heterocycles. The maximum Gasteiger partial charge on any atom is 0.257 e. The van der Waals surface area contributed by atoms with Gasteiger partial charge in [-0.15, -0.1) is 0 Å². The summed E-state index contributed by atoms with van der Waals surface area (Å²) in [4.78, 5) is 17.9. The predicted octanol–water partition coefficient (Wildman–Crippen LogP) is 1.76. The fourth-order valence-corrected chi connectivity index (χ4v) is 2.41. The van der Waals surface area contributed by atoms with Crippen LogP contribution in [0.2, 0.25) is 0 Å². The van der Waals surface area contributed by atoms with Gasteiger partial charge in [-0.05, 0) is 24.8 Å². The molecule has 6 heteroatoms. The van der Waals surface area contributed by atoms with E-state index in [4.69, 9.17) is 4.74 Å². The third kappa shape index (κ3) is 3.45. The van der Waals surface area contributed by atoms with E-state index in [-0.39, 0.29) is 11.5 Å². The van der Waals surface area contributed by atoms with Crippen LogP contribution in [-0.2, 0) is 4.74 Å². The Balaban J connectivity index is 2.07. The van der Waals surface area contributed by atoms with Crippen LogP contribution in [0.3, 0.4) is 0 Å². The van der Waals surface area contributed by atoms with Crippen LogP contribution in [0.15, 0.2) is 12.3 Å². The number of rotatable bonds is 4. The number of amides is 1. The number of nitrogens with one attached hydrogen (secondary N) is 1. The second kappa shape index (κ2) is 6.65. The molecule has 1 amide bonds. The van der Waals surface area contributed by atoms with Crippen molar-refractivity contribution < 1.29 is 13.9 Å². The number of carbonyl (C=O) groups is 1. The van der Waals surface area contributed by atoms with E-state index < -0.39 is 5.82 Å². The molecule has 0 saturated carbocycles. The number of aromatic nitrogens is 1. The van der Waals surface area contributed by atoms with E-state index in [1.54, 1.807) is 19.0 Å². The molecule has 0 radical (unpaired) electrons. The number of hydrogen-bond acceptors (Lipinski definition) is 4. The van der Waals surface area contributed by atoms with E-state index in [1.807, 2.05) is 0 Å². The highest BCUT2D eigenvalue weighted by Gasteiger charge is 2.22. The van der Waals surface area contributed by atoms with Crippen LogP contribution in [0.25, 0.3) is 0 Å². The van der Waals surface area contributed by atoms with Gasteiger partial charge in [-0.25, -0.2) is 9.37 Å². The molecule has 1 fully saturated rings. The van der Waals surface area contributed by atoms with E-state index in [2.05, 4.69) is 10.3 Å². The molecule has 0 spiro atoms. The first kappa shape index (κ1) is 14.7. The molecule has 1 aromatic heterocycles. The van der Waals surface area contributed by atoms with Crippen molar-refractivity contribution in [2.24, 2.45) is 5.92 Å². The van der Waals surface area contributed by atoms with Crippen molar-refractivity contribution in [1.29, 1.82) is 0 Å². The number of anilines is 1. The third-order valence-electron chi connectivity index (χ3n) is 3.54. The molecule has 1 aromatic rings. The van der Waals surface area contributed by atoms with Gasteiger partial charge < -0.3 is 15.0 Å². The first-order valence-corrected chi connectivity index (χ1v) is 6.78. The normalized spacial score (nSPS) is 15.9. The minimum atomic E-state index is -0.508. The topological polar surface area (TPSA) is 54.5 Å². The van der Waals surface area contributed by atoms with E-state index in [0.717, 1.165) is 32.3 Å². The first-order valence-electron chi connectivity index (χ1n) is 6.78. The Bertz CT molecular complexity index is 475. The van der Waals surface area contributed by atoms with Crippen LogP contribution >= 0.6 is 0 Å². The largest absolute Gasteiger partial charge is 0.381 e. The molecule has 0 aliphatic carbocycles. The van der Waals surface area contributed by atoms with Gasteiger partial charge >= 0.3 is 0 Å². The summed E-state index contributed by atoms with van der Waals surface area (Å²) in [5.74, 6) is 0.118. The molecule has 0 bridgehead atoms. The van der Waals surface area contributed by atoms with Gasteiger partial charge in [0.05, 0.1) is 11.8 Å². The van der Waals surface area contributed by atoms with Gasteiger partial charge in [0.2, 0.25) is 0 Å². The lowest BCUT2D eigenvalue weighted by Gasteiger charge is -2.27. The summed E-state index contributed by atoms with van der Waals surface area (Å²) in [6, 6.07) is 1.22. The Morgan fingerprint density at radius 3 is 2.90 bits per heavy atom. The zero-order chi connectivity index (χ0) is 14.5. The Morgan fingerprint density at radius 1 is 1.55 bits per heavy atom. The standard InChI is InChI=1S/C14H20FN3O2/c1-16-13-12(7-11(15)8-17-13)14(19)18(2)9-10-3-5-20-6-4-10/h7-8,10H,3-6,9H2,1-2H3,(H,16,17). The molecule has 0 unspecified atom stereocenters. The van der Waals surface area contributed by atoms with Crippen molar-refractivity contribution in [3.05, 3.63) is 23.6 Å². The zero-order valence-electron chi connectivity index (χ0n) is 11.9. The number of halogens is 1. The molecule has 0 atom stereocenters. The zero-order valence-corrected chi connectivity index (χ0v) is 11.9. The maximum atomic E-state index is 13.3. The van der Waals surface area contributed by atoms with Gasteiger partial charge in [0.15, 0.2) is 0 Å². The lowest BCUT2D eigenvalue weighted by Crippen LogP contribution is -2.34. The summed E-state index contributed by atoms with van der Waals surface area (Å²) in [6.07, 6.45) is 3.01. The summed E-state index contributed by atoms with van der Waals surface area (Å²) < 4.78 is 18.6. The Kier molecular flexibility index (Phi) is 4.89. The third-order valence-corrected chi connectivity index (χ3v) is 3.54. The Labute approximate surface area is 118 Å². The highest BCUT2D eigenvalue weighted by Crippen LogP contribution is 2.19. The molecule has 5 nitrogen and oxygen atoms in total. The Morgan fingerprint density at radius 2 is 2.25 bits per heavy atom. The molecule has 0 aromatic carbocycles. The smallest absolute Gasteiger partial charge is 0.257 e. The molecular weight excluding hydrogens is 261 g/mol. The maximum absolute atomic E-state index is 13.3. The van der Waals surface area contributed by atoms with Gasteiger partial charge in [-0.1, -0.05) is 0 Å². The van der Waals surface area contributed by atoms with Gasteiger partial charge in [0.1, 0.15) is 11.6 Å². The van der Waals surface area contributed by atoms with Crippen LogP contribution in [0.1, 0.15) is 23.2 Å².